The molecule has 1 aromatic heterocycles. The molecule has 1 N–H and O–H groups in total. The zero-order valence-corrected chi connectivity index (χ0v) is 15.0. The van der Waals surface area contributed by atoms with E-state index in [4.69, 9.17) is 4.74 Å². The molecule has 3 nitrogen and oxygen atoms in total. The lowest BCUT2D eigenvalue weighted by molar-refractivity contribution is 0.103. The van der Waals surface area contributed by atoms with Gasteiger partial charge in [-0.25, -0.2) is 4.39 Å². The summed E-state index contributed by atoms with van der Waals surface area (Å²) in [7, 11) is 0. The highest BCUT2D eigenvalue weighted by molar-refractivity contribution is 9.14. The summed E-state index contributed by atoms with van der Waals surface area (Å²) in [6, 6.07) is 3.88. The predicted octanol–water partition coefficient (Wildman–Crippen LogP) is 5.07. The zero-order chi connectivity index (χ0) is 14.9. The molecule has 0 spiro atoms. The molecule has 0 radical (unpaired) electrons. The topological polar surface area (TPSA) is 42.1 Å². The monoisotopic (exact) mass is 467 g/mol. The lowest BCUT2D eigenvalue weighted by Gasteiger charge is -2.09. The fourth-order valence-electron chi connectivity index (χ4n) is 1.68. The van der Waals surface area contributed by atoms with Gasteiger partial charge in [0.25, 0.3) is 0 Å². The number of carbonyl (C=O) groups excluding carboxylic acids is 1. The van der Waals surface area contributed by atoms with Crippen LogP contribution in [0, 0.1) is 5.82 Å². The maximum Gasteiger partial charge on any atom is 0.214 e. The summed E-state index contributed by atoms with van der Waals surface area (Å²) in [5.74, 6) is -0.489. The Hall–Kier alpha value is -0.660. The van der Waals surface area contributed by atoms with Crippen molar-refractivity contribution in [2.45, 2.75) is 6.92 Å². The second-order valence-electron chi connectivity index (χ2n) is 3.84. The largest absolute Gasteiger partial charge is 0.493 e. The highest BCUT2D eigenvalue weighted by atomic mass is 79.9. The van der Waals surface area contributed by atoms with Crippen molar-refractivity contribution >= 4 is 53.6 Å². The van der Waals surface area contributed by atoms with E-state index in [-0.39, 0.29) is 11.3 Å². The van der Waals surface area contributed by atoms with Gasteiger partial charge < -0.3 is 9.72 Å². The normalized spacial score (nSPS) is 10.7. The Morgan fingerprint density at radius 2 is 2.00 bits per heavy atom. The van der Waals surface area contributed by atoms with Gasteiger partial charge in [0.2, 0.25) is 5.78 Å². The van der Waals surface area contributed by atoms with Crippen LogP contribution in [0.25, 0.3) is 0 Å². The minimum absolute atomic E-state index is 0.175. The molecule has 0 fully saturated rings. The first-order valence-electron chi connectivity index (χ1n) is 5.65. The van der Waals surface area contributed by atoms with Crippen molar-refractivity contribution in [3.63, 3.8) is 0 Å². The zero-order valence-electron chi connectivity index (χ0n) is 10.3. The van der Waals surface area contributed by atoms with E-state index >= 15 is 0 Å². The molecule has 1 aromatic carbocycles. The van der Waals surface area contributed by atoms with Crippen molar-refractivity contribution in [3.05, 3.63) is 48.8 Å². The summed E-state index contributed by atoms with van der Waals surface area (Å²) in [6.07, 6.45) is 0. The van der Waals surface area contributed by atoms with Crippen LogP contribution < -0.4 is 4.74 Å². The van der Waals surface area contributed by atoms with Gasteiger partial charge in [0.15, 0.2) is 0 Å². The molecule has 0 aliphatic carbocycles. The molecule has 1 heterocycles. The first-order chi connectivity index (χ1) is 9.45. The molecule has 0 aliphatic rings. The molecule has 0 saturated carbocycles. The Balaban J connectivity index is 2.52. The molecule has 2 rings (SSSR count). The van der Waals surface area contributed by atoms with Gasteiger partial charge in [-0.1, -0.05) is 0 Å². The number of rotatable bonds is 4. The number of ketones is 1. The van der Waals surface area contributed by atoms with E-state index in [0.717, 1.165) is 0 Å². The molecule has 0 unspecified atom stereocenters. The highest BCUT2D eigenvalue weighted by Gasteiger charge is 2.22. The van der Waals surface area contributed by atoms with Crippen LogP contribution in [0.5, 0.6) is 5.75 Å². The fourth-order valence-corrected chi connectivity index (χ4v) is 3.12. The standard InChI is InChI=1S/C13H9Br3FNO2/c1-2-20-8-4-3-6(17)5-7(8)12(19)11-9(14)10(15)13(16)18-11/h3-5,18H,2H2,1H3. The Morgan fingerprint density at radius 3 is 2.55 bits per heavy atom. The van der Waals surface area contributed by atoms with Crippen molar-refractivity contribution < 1.29 is 13.9 Å². The van der Waals surface area contributed by atoms with Crippen LogP contribution in [0.15, 0.2) is 31.7 Å². The van der Waals surface area contributed by atoms with Gasteiger partial charge in [-0.15, -0.1) is 0 Å². The van der Waals surface area contributed by atoms with Crippen molar-refractivity contribution in [3.8, 4) is 5.75 Å². The Labute approximate surface area is 140 Å². The van der Waals surface area contributed by atoms with E-state index < -0.39 is 5.82 Å². The number of halogens is 4. The lowest BCUT2D eigenvalue weighted by atomic mass is 10.1. The van der Waals surface area contributed by atoms with Crippen LogP contribution in [0.2, 0.25) is 0 Å². The first kappa shape index (κ1) is 15.7. The van der Waals surface area contributed by atoms with Gasteiger partial charge in [0.1, 0.15) is 17.3 Å². The molecule has 0 amide bonds. The van der Waals surface area contributed by atoms with Crippen molar-refractivity contribution in [2.24, 2.45) is 0 Å². The number of hydrogen-bond donors (Lipinski definition) is 1. The summed E-state index contributed by atoms with van der Waals surface area (Å²) in [5.41, 5.74) is 0.490. The minimum Gasteiger partial charge on any atom is -0.493 e. The van der Waals surface area contributed by atoms with Crippen LogP contribution >= 0.6 is 47.8 Å². The van der Waals surface area contributed by atoms with Gasteiger partial charge in [-0.2, -0.15) is 0 Å². The van der Waals surface area contributed by atoms with E-state index in [1.807, 2.05) is 0 Å². The second kappa shape index (κ2) is 6.41. The van der Waals surface area contributed by atoms with Crippen LogP contribution in [-0.2, 0) is 0 Å². The van der Waals surface area contributed by atoms with Gasteiger partial charge in [0.05, 0.1) is 25.7 Å². The number of aromatic nitrogens is 1. The SMILES string of the molecule is CCOc1ccc(F)cc1C(=O)c1[nH]c(Br)c(Br)c1Br. The summed E-state index contributed by atoms with van der Waals surface area (Å²) < 4.78 is 20.7. The third-order valence-electron chi connectivity index (χ3n) is 2.55. The molecule has 0 bridgehead atoms. The minimum atomic E-state index is -0.488. The van der Waals surface area contributed by atoms with E-state index in [1.54, 1.807) is 6.92 Å². The molecule has 106 valence electrons. The quantitative estimate of drug-likeness (QED) is 0.635. The number of hydrogen-bond acceptors (Lipinski definition) is 2. The molecule has 0 aliphatic heterocycles. The Morgan fingerprint density at radius 1 is 1.30 bits per heavy atom. The summed E-state index contributed by atoms with van der Waals surface area (Å²) in [5, 5.41) is 0. The number of aromatic amines is 1. The molecule has 0 saturated heterocycles. The molecular weight excluding hydrogens is 461 g/mol. The highest BCUT2D eigenvalue weighted by Crippen LogP contribution is 2.35. The smallest absolute Gasteiger partial charge is 0.214 e. The number of ether oxygens (including phenoxy) is 1. The number of H-pyrrole nitrogens is 1. The van der Waals surface area contributed by atoms with Gasteiger partial charge >= 0.3 is 0 Å². The first-order valence-corrected chi connectivity index (χ1v) is 8.03. The molecule has 0 atom stereocenters. The van der Waals surface area contributed by atoms with E-state index in [1.165, 1.54) is 18.2 Å². The Bertz CT molecular complexity index is 670. The predicted molar refractivity (Wildman–Crippen MR) is 84.9 cm³/mol. The van der Waals surface area contributed by atoms with Crippen LogP contribution in [0.4, 0.5) is 4.39 Å². The number of nitrogens with one attached hydrogen (secondary N) is 1. The molecular formula is C13H9Br3FNO2. The van der Waals surface area contributed by atoms with Gasteiger partial charge in [-0.3, -0.25) is 4.79 Å². The van der Waals surface area contributed by atoms with Gasteiger partial charge in [-0.05, 0) is 72.9 Å². The van der Waals surface area contributed by atoms with E-state index in [0.29, 0.717) is 31.6 Å². The molecule has 20 heavy (non-hydrogen) atoms. The van der Waals surface area contributed by atoms with Crippen molar-refractivity contribution in [1.82, 2.24) is 4.98 Å². The summed E-state index contributed by atoms with van der Waals surface area (Å²) >= 11 is 9.92. The number of carbonyl (C=O) groups is 1. The van der Waals surface area contributed by atoms with Crippen LogP contribution in [0.3, 0.4) is 0 Å². The lowest BCUT2D eigenvalue weighted by Crippen LogP contribution is -2.07. The van der Waals surface area contributed by atoms with E-state index in [2.05, 4.69) is 52.8 Å². The molecule has 2 aromatic rings. The van der Waals surface area contributed by atoms with E-state index in [9.17, 15) is 9.18 Å². The summed E-state index contributed by atoms with van der Waals surface area (Å²) in [6.45, 7) is 2.19. The average molecular weight is 470 g/mol. The maximum absolute atomic E-state index is 13.4. The van der Waals surface area contributed by atoms with Gasteiger partial charge in [0, 0.05) is 0 Å². The van der Waals surface area contributed by atoms with Crippen molar-refractivity contribution in [1.29, 1.82) is 0 Å². The summed E-state index contributed by atoms with van der Waals surface area (Å²) in [4.78, 5) is 15.4. The molecule has 7 heteroatoms. The van der Waals surface area contributed by atoms with Crippen molar-refractivity contribution in [2.75, 3.05) is 6.61 Å². The Kier molecular flexibility index (Phi) is 5.04. The third-order valence-corrected chi connectivity index (χ3v) is 5.80. The van der Waals surface area contributed by atoms with Crippen LogP contribution in [0.1, 0.15) is 23.0 Å². The second-order valence-corrected chi connectivity index (χ2v) is 6.22. The third kappa shape index (κ3) is 2.99. The average Bonchev–Trinajstić information content (AvgIpc) is 2.68. The number of benzene rings is 1. The van der Waals surface area contributed by atoms with Crippen LogP contribution in [-0.4, -0.2) is 17.4 Å². The fraction of sp³-hybridized carbons (Fsp3) is 0.154. The maximum atomic E-state index is 13.4.